The van der Waals surface area contributed by atoms with Crippen molar-refractivity contribution >= 4 is 5.97 Å². The van der Waals surface area contributed by atoms with Gasteiger partial charge in [0.1, 0.15) is 0 Å². The predicted molar refractivity (Wildman–Crippen MR) is 61.9 cm³/mol. The molecule has 0 aromatic rings. The minimum Gasteiger partial charge on any atom is -0.466 e. The van der Waals surface area contributed by atoms with Crippen LogP contribution in [0.25, 0.3) is 0 Å². The molecular formula is C11H24N2O2. The molecule has 0 radical (unpaired) electrons. The summed E-state index contributed by atoms with van der Waals surface area (Å²) >= 11 is 0. The van der Waals surface area contributed by atoms with E-state index < -0.39 is 0 Å². The molecule has 0 aromatic heterocycles. The number of ether oxygens (including phenoxy) is 1. The second-order valence-electron chi connectivity index (χ2n) is 3.82. The zero-order valence-corrected chi connectivity index (χ0v) is 10.2. The van der Waals surface area contributed by atoms with Gasteiger partial charge in [0.15, 0.2) is 0 Å². The highest BCUT2D eigenvalue weighted by molar-refractivity contribution is 5.69. The van der Waals surface area contributed by atoms with Crippen molar-refractivity contribution in [2.45, 2.75) is 26.2 Å². The molecule has 0 spiro atoms. The summed E-state index contributed by atoms with van der Waals surface area (Å²) in [6, 6.07) is 0. The van der Waals surface area contributed by atoms with Gasteiger partial charge < -0.3 is 15.0 Å². The minimum atomic E-state index is -0.0902. The largest absolute Gasteiger partial charge is 0.466 e. The van der Waals surface area contributed by atoms with Gasteiger partial charge in [-0.2, -0.15) is 0 Å². The van der Waals surface area contributed by atoms with Crippen molar-refractivity contribution in [3.05, 3.63) is 0 Å². The summed E-state index contributed by atoms with van der Waals surface area (Å²) < 4.78 is 4.83. The summed E-state index contributed by atoms with van der Waals surface area (Å²) in [5, 5.41) is 3.30. The molecule has 4 nitrogen and oxygen atoms in total. The number of esters is 1. The lowest BCUT2D eigenvalue weighted by atomic mass is 10.3. The van der Waals surface area contributed by atoms with Crippen LogP contribution < -0.4 is 5.32 Å². The zero-order valence-electron chi connectivity index (χ0n) is 10.2. The van der Waals surface area contributed by atoms with E-state index in [1.54, 1.807) is 0 Å². The van der Waals surface area contributed by atoms with Gasteiger partial charge in [0.25, 0.3) is 0 Å². The molecule has 4 heteroatoms. The molecule has 90 valence electrons. The van der Waals surface area contributed by atoms with Crippen LogP contribution in [0, 0.1) is 0 Å². The minimum absolute atomic E-state index is 0.0902. The standard InChI is InChI=1S/C11H24N2O2/c1-4-15-11(14)7-5-8-12-9-6-10-13(2)3/h12H,4-10H2,1-3H3. The highest BCUT2D eigenvalue weighted by Crippen LogP contribution is 1.91. The first-order chi connectivity index (χ1) is 7.16. The lowest BCUT2D eigenvalue weighted by Crippen LogP contribution is -2.22. The number of nitrogens with zero attached hydrogens (tertiary/aromatic N) is 1. The molecule has 0 aromatic carbocycles. The van der Waals surface area contributed by atoms with Crippen molar-refractivity contribution < 1.29 is 9.53 Å². The molecular weight excluding hydrogens is 192 g/mol. The summed E-state index contributed by atoms with van der Waals surface area (Å²) in [7, 11) is 4.14. The molecule has 0 saturated heterocycles. The number of hydrogen-bond donors (Lipinski definition) is 1. The molecule has 0 aliphatic carbocycles. The second kappa shape index (κ2) is 9.93. The van der Waals surface area contributed by atoms with Crippen LogP contribution >= 0.6 is 0 Å². The number of hydrogen-bond acceptors (Lipinski definition) is 4. The summed E-state index contributed by atoms with van der Waals surface area (Å²) in [6.07, 6.45) is 2.53. The Morgan fingerprint density at radius 1 is 1.27 bits per heavy atom. The van der Waals surface area contributed by atoms with Gasteiger partial charge in [-0.05, 0) is 53.5 Å². The van der Waals surface area contributed by atoms with E-state index in [1.807, 2.05) is 6.92 Å². The maximum atomic E-state index is 11.0. The fraction of sp³-hybridized carbons (Fsp3) is 0.909. The van der Waals surface area contributed by atoms with Crippen LogP contribution in [0.3, 0.4) is 0 Å². The Morgan fingerprint density at radius 2 is 1.93 bits per heavy atom. The number of rotatable bonds is 9. The number of carbonyl (C=O) groups is 1. The lowest BCUT2D eigenvalue weighted by Gasteiger charge is -2.09. The Morgan fingerprint density at radius 3 is 2.53 bits per heavy atom. The first-order valence-corrected chi connectivity index (χ1v) is 5.68. The van der Waals surface area contributed by atoms with Crippen molar-refractivity contribution in [1.82, 2.24) is 10.2 Å². The lowest BCUT2D eigenvalue weighted by molar-refractivity contribution is -0.143. The third-order valence-corrected chi connectivity index (χ3v) is 2.00. The maximum Gasteiger partial charge on any atom is 0.305 e. The molecule has 15 heavy (non-hydrogen) atoms. The fourth-order valence-electron chi connectivity index (χ4n) is 1.24. The van der Waals surface area contributed by atoms with Crippen LogP contribution in [0.15, 0.2) is 0 Å². The first-order valence-electron chi connectivity index (χ1n) is 5.68. The Bertz CT molecular complexity index is 161. The molecule has 0 amide bonds. The van der Waals surface area contributed by atoms with Crippen molar-refractivity contribution in [1.29, 1.82) is 0 Å². The SMILES string of the molecule is CCOC(=O)CCCNCCCN(C)C. The van der Waals surface area contributed by atoms with Gasteiger partial charge in [-0.1, -0.05) is 0 Å². The Hall–Kier alpha value is -0.610. The summed E-state index contributed by atoms with van der Waals surface area (Å²) in [5.41, 5.74) is 0. The number of nitrogens with one attached hydrogen (secondary N) is 1. The van der Waals surface area contributed by atoms with E-state index in [2.05, 4.69) is 24.3 Å². The molecule has 0 aliphatic rings. The third-order valence-electron chi connectivity index (χ3n) is 2.00. The molecule has 0 saturated carbocycles. The van der Waals surface area contributed by atoms with Gasteiger partial charge in [-0.25, -0.2) is 0 Å². The van der Waals surface area contributed by atoms with Gasteiger partial charge >= 0.3 is 5.97 Å². The monoisotopic (exact) mass is 216 g/mol. The van der Waals surface area contributed by atoms with Crippen LogP contribution in [0.5, 0.6) is 0 Å². The Kier molecular flexibility index (Phi) is 9.52. The van der Waals surface area contributed by atoms with E-state index >= 15 is 0 Å². The second-order valence-corrected chi connectivity index (χ2v) is 3.82. The maximum absolute atomic E-state index is 11.0. The van der Waals surface area contributed by atoms with Gasteiger partial charge in [0.2, 0.25) is 0 Å². The van der Waals surface area contributed by atoms with Gasteiger partial charge in [-0.3, -0.25) is 4.79 Å². The molecule has 0 unspecified atom stereocenters. The highest BCUT2D eigenvalue weighted by atomic mass is 16.5. The average Bonchev–Trinajstić information content (AvgIpc) is 2.16. The van der Waals surface area contributed by atoms with E-state index in [9.17, 15) is 4.79 Å². The molecule has 0 bridgehead atoms. The predicted octanol–water partition coefficient (Wildman–Crippen LogP) is 0.871. The number of carbonyl (C=O) groups excluding carboxylic acids is 1. The van der Waals surface area contributed by atoms with Crippen molar-refractivity contribution in [2.75, 3.05) is 40.3 Å². The molecule has 0 fully saturated rings. The van der Waals surface area contributed by atoms with E-state index in [-0.39, 0.29) is 5.97 Å². The topological polar surface area (TPSA) is 41.6 Å². The van der Waals surface area contributed by atoms with Crippen molar-refractivity contribution in [3.63, 3.8) is 0 Å². The van der Waals surface area contributed by atoms with Gasteiger partial charge in [0.05, 0.1) is 6.61 Å². The molecule has 0 aliphatic heterocycles. The van der Waals surface area contributed by atoms with Crippen LogP contribution in [-0.2, 0) is 9.53 Å². The molecule has 0 atom stereocenters. The van der Waals surface area contributed by atoms with Crippen molar-refractivity contribution in [2.24, 2.45) is 0 Å². The van der Waals surface area contributed by atoms with E-state index in [1.165, 1.54) is 0 Å². The van der Waals surface area contributed by atoms with E-state index in [4.69, 9.17) is 4.74 Å². The Labute approximate surface area is 93.0 Å². The van der Waals surface area contributed by atoms with Crippen LogP contribution in [-0.4, -0.2) is 51.2 Å². The fourth-order valence-corrected chi connectivity index (χ4v) is 1.24. The quantitative estimate of drug-likeness (QED) is 0.459. The average molecular weight is 216 g/mol. The first kappa shape index (κ1) is 14.4. The molecule has 1 N–H and O–H groups in total. The molecule has 0 rings (SSSR count). The van der Waals surface area contributed by atoms with Crippen LogP contribution in [0.1, 0.15) is 26.2 Å². The smallest absolute Gasteiger partial charge is 0.305 e. The van der Waals surface area contributed by atoms with E-state index in [0.717, 1.165) is 32.5 Å². The Balaban J connectivity index is 3.08. The summed E-state index contributed by atoms with van der Waals surface area (Å²) in [5.74, 6) is -0.0902. The summed E-state index contributed by atoms with van der Waals surface area (Å²) in [4.78, 5) is 13.1. The van der Waals surface area contributed by atoms with E-state index in [0.29, 0.717) is 13.0 Å². The van der Waals surface area contributed by atoms with Crippen LogP contribution in [0.2, 0.25) is 0 Å². The normalized spacial score (nSPS) is 10.7. The summed E-state index contributed by atoms with van der Waals surface area (Å²) in [6.45, 7) is 5.32. The zero-order chi connectivity index (χ0) is 11.5. The van der Waals surface area contributed by atoms with Crippen molar-refractivity contribution in [3.8, 4) is 0 Å². The third kappa shape index (κ3) is 11.3. The van der Waals surface area contributed by atoms with Gasteiger partial charge in [-0.15, -0.1) is 0 Å². The van der Waals surface area contributed by atoms with Crippen LogP contribution in [0.4, 0.5) is 0 Å². The highest BCUT2D eigenvalue weighted by Gasteiger charge is 1.99. The molecule has 0 heterocycles. The van der Waals surface area contributed by atoms with Gasteiger partial charge in [0, 0.05) is 6.42 Å².